The van der Waals surface area contributed by atoms with Crippen LogP contribution in [0.3, 0.4) is 0 Å². The van der Waals surface area contributed by atoms with Crippen LogP contribution in [-0.2, 0) is 6.54 Å². The van der Waals surface area contributed by atoms with Crippen LogP contribution in [0.5, 0.6) is 0 Å². The van der Waals surface area contributed by atoms with E-state index in [4.69, 9.17) is 5.73 Å². The van der Waals surface area contributed by atoms with Crippen molar-refractivity contribution in [2.24, 2.45) is 17.6 Å². The molecule has 0 spiro atoms. The van der Waals surface area contributed by atoms with Gasteiger partial charge >= 0.3 is 0 Å². The molecule has 2 nitrogen and oxygen atoms in total. The van der Waals surface area contributed by atoms with Crippen molar-refractivity contribution in [3.05, 3.63) is 35.1 Å². The van der Waals surface area contributed by atoms with Crippen molar-refractivity contribution in [3.63, 3.8) is 0 Å². The van der Waals surface area contributed by atoms with E-state index in [0.29, 0.717) is 5.92 Å². The van der Waals surface area contributed by atoms with E-state index in [1.165, 1.54) is 12.0 Å². The van der Waals surface area contributed by atoms with Crippen molar-refractivity contribution in [2.45, 2.75) is 26.8 Å². The summed E-state index contributed by atoms with van der Waals surface area (Å²) in [6.07, 6.45) is 1.21. The zero-order chi connectivity index (χ0) is 13.1. The molecule has 2 atom stereocenters. The topological polar surface area (TPSA) is 29.3 Å². The van der Waals surface area contributed by atoms with Gasteiger partial charge in [0.15, 0.2) is 0 Å². The molecule has 0 bridgehead atoms. The lowest BCUT2D eigenvalue weighted by atomic mass is 9.87. The maximum Gasteiger partial charge on any atom is 0.123 e. The number of aryl methyl sites for hydroxylation is 1. The summed E-state index contributed by atoms with van der Waals surface area (Å²) in [7, 11) is 0. The molecular formula is C15H23FN2. The van der Waals surface area contributed by atoms with Crippen molar-refractivity contribution >= 4 is 0 Å². The lowest BCUT2D eigenvalue weighted by molar-refractivity contribution is 0.126. The first-order valence-corrected chi connectivity index (χ1v) is 6.77. The molecule has 18 heavy (non-hydrogen) atoms. The van der Waals surface area contributed by atoms with Crippen LogP contribution in [0.4, 0.5) is 4.39 Å². The van der Waals surface area contributed by atoms with Gasteiger partial charge in [0.05, 0.1) is 0 Å². The Morgan fingerprint density at radius 2 is 2.22 bits per heavy atom. The summed E-state index contributed by atoms with van der Waals surface area (Å²) in [5.74, 6) is 1.17. The minimum Gasteiger partial charge on any atom is -0.330 e. The highest BCUT2D eigenvalue weighted by atomic mass is 19.1. The fourth-order valence-corrected chi connectivity index (χ4v) is 2.75. The lowest BCUT2D eigenvalue weighted by Crippen LogP contribution is -2.42. The summed E-state index contributed by atoms with van der Waals surface area (Å²) in [5.41, 5.74) is 8.09. The molecule has 2 N–H and O–H groups in total. The van der Waals surface area contributed by atoms with Crippen LogP contribution >= 0.6 is 0 Å². The van der Waals surface area contributed by atoms with Crippen molar-refractivity contribution in [3.8, 4) is 0 Å². The van der Waals surface area contributed by atoms with Gasteiger partial charge in [0.1, 0.15) is 5.82 Å². The minimum atomic E-state index is -0.150. The van der Waals surface area contributed by atoms with Crippen LogP contribution < -0.4 is 5.73 Å². The second-order valence-electron chi connectivity index (χ2n) is 5.57. The zero-order valence-electron chi connectivity index (χ0n) is 11.3. The zero-order valence-corrected chi connectivity index (χ0v) is 11.3. The number of halogens is 1. The molecule has 1 aliphatic rings. The SMILES string of the molecule is Cc1cc(F)ccc1CN1CCC(C)C(CN)C1. The Hall–Kier alpha value is -0.930. The molecule has 1 aromatic rings. The Balaban J connectivity index is 2.01. The van der Waals surface area contributed by atoms with Gasteiger partial charge < -0.3 is 5.73 Å². The van der Waals surface area contributed by atoms with Crippen LogP contribution in [0.15, 0.2) is 18.2 Å². The molecular weight excluding hydrogens is 227 g/mol. The first-order chi connectivity index (χ1) is 8.60. The number of nitrogens with zero attached hydrogens (tertiary/aromatic N) is 1. The van der Waals surface area contributed by atoms with Gasteiger partial charge in [0, 0.05) is 13.1 Å². The van der Waals surface area contributed by atoms with Crippen molar-refractivity contribution in [1.82, 2.24) is 4.90 Å². The molecule has 1 heterocycles. The molecule has 1 aliphatic heterocycles. The van der Waals surface area contributed by atoms with Crippen LogP contribution in [-0.4, -0.2) is 24.5 Å². The van der Waals surface area contributed by atoms with Gasteiger partial charge in [0.25, 0.3) is 0 Å². The predicted molar refractivity (Wildman–Crippen MR) is 72.7 cm³/mol. The number of hydrogen-bond donors (Lipinski definition) is 1. The summed E-state index contributed by atoms with van der Waals surface area (Å²) in [6.45, 7) is 8.13. The van der Waals surface area contributed by atoms with E-state index in [2.05, 4.69) is 11.8 Å². The average Bonchev–Trinajstić information content (AvgIpc) is 2.35. The smallest absolute Gasteiger partial charge is 0.123 e. The molecule has 0 amide bonds. The van der Waals surface area contributed by atoms with E-state index in [1.54, 1.807) is 12.1 Å². The Kier molecular flexibility index (Phi) is 4.36. The fourth-order valence-electron chi connectivity index (χ4n) is 2.75. The molecule has 0 aliphatic carbocycles. The summed E-state index contributed by atoms with van der Waals surface area (Å²) in [6, 6.07) is 5.07. The first-order valence-electron chi connectivity index (χ1n) is 6.77. The molecule has 1 fully saturated rings. The molecule has 2 rings (SSSR count). The van der Waals surface area contributed by atoms with Crippen molar-refractivity contribution in [2.75, 3.05) is 19.6 Å². The van der Waals surface area contributed by atoms with Gasteiger partial charge in [0.2, 0.25) is 0 Å². The lowest BCUT2D eigenvalue weighted by Gasteiger charge is -2.36. The van der Waals surface area contributed by atoms with Gasteiger partial charge in [-0.3, -0.25) is 4.90 Å². The Morgan fingerprint density at radius 3 is 2.89 bits per heavy atom. The summed E-state index contributed by atoms with van der Waals surface area (Å²) in [4.78, 5) is 2.44. The molecule has 0 saturated carbocycles. The highest BCUT2D eigenvalue weighted by Crippen LogP contribution is 2.24. The fraction of sp³-hybridized carbons (Fsp3) is 0.600. The van der Waals surface area contributed by atoms with Gasteiger partial charge in [-0.05, 0) is 61.5 Å². The highest BCUT2D eigenvalue weighted by Gasteiger charge is 2.25. The number of benzene rings is 1. The normalized spacial score (nSPS) is 25.3. The molecule has 2 unspecified atom stereocenters. The molecule has 1 aromatic carbocycles. The Bertz CT molecular complexity index is 405. The number of piperidine rings is 1. The van der Waals surface area contributed by atoms with E-state index in [0.717, 1.165) is 37.7 Å². The van der Waals surface area contributed by atoms with E-state index in [1.807, 2.05) is 13.0 Å². The third-order valence-electron chi connectivity index (χ3n) is 4.20. The third kappa shape index (κ3) is 3.09. The van der Waals surface area contributed by atoms with Crippen molar-refractivity contribution < 1.29 is 4.39 Å². The Labute approximate surface area is 109 Å². The maximum atomic E-state index is 13.1. The molecule has 0 aromatic heterocycles. The second-order valence-corrected chi connectivity index (χ2v) is 5.57. The quantitative estimate of drug-likeness (QED) is 0.893. The standard InChI is InChI=1S/C15H23FN2/c1-11-5-6-18(10-14(11)8-17)9-13-3-4-15(16)7-12(13)2/h3-4,7,11,14H,5-6,8-10,17H2,1-2H3. The molecule has 0 radical (unpaired) electrons. The van der Waals surface area contributed by atoms with Gasteiger partial charge in [-0.25, -0.2) is 4.39 Å². The van der Waals surface area contributed by atoms with Crippen molar-refractivity contribution in [1.29, 1.82) is 0 Å². The van der Waals surface area contributed by atoms with Gasteiger partial charge in [-0.2, -0.15) is 0 Å². The number of hydrogen-bond acceptors (Lipinski definition) is 2. The van der Waals surface area contributed by atoms with Crippen LogP contribution in [0.25, 0.3) is 0 Å². The summed E-state index contributed by atoms with van der Waals surface area (Å²) >= 11 is 0. The summed E-state index contributed by atoms with van der Waals surface area (Å²) in [5, 5.41) is 0. The Morgan fingerprint density at radius 1 is 1.44 bits per heavy atom. The molecule has 100 valence electrons. The van der Waals surface area contributed by atoms with E-state index in [9.17, 15) is 4.39 Å². The third-order valence-corrected chi connectivity index (χ3v) is 4.20. The number of likely N-dealkylation sites (tertiary alicyclic amines) is 1. The van der Waals surface area contributed by atoms with E-state index >= 15 is 0 Å². The van der Waals surface area contributed by atoms with E-state index < -0.39 is 0 Å². The monoisotopic (exact) mass is 250 g/mol. The predicted octanol–water partition coefficient (Wildman–Crippen LogP) is 2.55. The number of rotatable bonds is 3. The second kappa shape index (κ2) is 5.81. The minimum absolute atomic E-state index is 0.150. The number of nitrogens with two attached hydrogens (primary N) is 1. The summed E-state index contributed by atoms with van der Waals surface area (Å²) < 4.78 is 13.1. The van der Waals surface area contributed by atoms with E-state index in [-0.39, 0.29) is 5.82 Å². The average molecular weight is 250 g/mol. The van der Waals surface area contributed by atoms with Crippen LogP contribution in [0, 0.1) is 24.6 Å². The maximum absolute atomic E-state index is 13.1. The molecule has 1 saturated heterocycles. The van der Waals surface area contributed by atoms with Gasteiger partial charge in [-0.15, -0.1) is 0 Å². The highest BCUT2D eigenvalue weighted by molar-refractivity contribution is 5.26. The van der Waals surface area contributed by atoms with Gasteiger partial charge in [-0.1, -0.05) is 13.0 Å². The first kappa shape index (κ1) is 13.5. The van der Waals surface area contributed by atoms with Crippen LogP contribution in [0.1, 0.15) is 24.5 Å². The molecule has 3 heteroatoms. The van der Waals surface area contributed by atoms with Crippen LogP contribution in [0.2, 0.25) is 0 Å². The largest absolute Gasteiger partial charge is 0.330 e.